The van der Waals surface area contributed by atoms with Gasteiger partial charge in [0.25, 0.3) is 0 Å². The van der Waals surface area contributed by atoms with Crippen molar-refractivity contribution >= 4 is 17.1 Å². The average Bonchev–Trinajstić information content (AvgIpc) is 2.83. The van der Waals surface area contributed by atoms with Crippen molar-refractivity contribution in [3.8, 4) is 0 Å². The molecule has 2 heterocycles. The Hall–Kier alpha value is -1.88. The van der Waals surface area contributed by atoms with E-state index in [2.05, 4.69) is 22.3 Å². The summed E-state index contributed by atoms with van der Waals surface area (Å²) in [5, 5.41) is 9.22. The van der Waals surface area contributed by atoms with Crippen molar-refractivity contribution in [1.29, 1.82) is 0 Å². The van der Waals surface area contributed by atoms with Crippen molar-refractivity contribution in [2.45, 2.75) is 32.4 Å². The van der Waals surface area contributed by atoms with E-state index in [1.54, 1.807) is 6.21 Å². The third-order valence-electron chi connectivity index (χ3n) is 3.63. The average molecular weight is 258 g/mol. The number of hydrogen-bond acceptors (Lipinski definition) is 4. The van der Waals surface area contributed by atoms with Crippen LogP contribution in [0.3, 0.4) is 0 Å². The zero-order valence-electron chi connectivity index (χ0n) is 11.0. The van der Waals surface area contributed by atoms with E-state index in [1.165, 1.54) is 6.42 Å². The first-order chi connectivity index (χ1) is 9.29. The predicted octanol–water partition coefficient (Wildman–Crippen LogP) is 2.34. The van der Waals surface area contributed by atoms with E-state index in [0.717, 1.165) is 41.5 Å². The van der Waals surface area contributed by atoms with Gasteiger partial charge in [-0.1, -0.05) is 0 Å². The highest BCUT2D eigenvalue weighted by molar-refractivity contribution is 5.90. The number of hydrogen-bond donors (Lipinski definition) is 1. The first kappa shape index (κ1) is 12.2. The van der Waals surface area contributed by atoms with Crippen molar-refractivity contribution in [3.05, 3.63) is 29.5 Å². The number of nitrogens with two attached hydrogens (primary N) is 1. The molecule has 0 saturated carbocycles. The van der Waals surface area contributed by atoms with Crippen LogP contribution in [0.5, 0.6) is 0 Å². The van der Waals surface area contributed by atoms with Crippen LogP contribution in [0.1, 0.15) is 36.6 Å². The van der Waals surface area contributed by atoms with Crippen molar-refractivity contribution in [1.82, 2.24) is 9.78 Å². The second-order valence-corrected chi connectivity index (χ2v) is 4.96. The second kappa shape index (κ2) is 5.01. The Balaban J connectivity index is 2.07. The molecule has 1 unspecified atom stereocenters. The van der Waals surface area contributed by atoms with Crippen molar-refractivity contribution < 1.29 is 4.74 Å². The van der Waals surface area contributed by atoms with Crippen LogP contribution < -0.4 is 5.84 Å². The predicted molar refractivity (Wildman–Crippen MR) is 75.1 cm³/mol. The summed E-state index contributed by atoms with van der Waals surface area (Å²) in [7, 11) is 0. The summed E-state index contributed by atoms with van der Waals surface area (Å²) < 4.78 is 7.78. The summed E-state index contributed by atoms with van der Waals surface area (Å²) in [6.45, 7) is 2.86. The van der Waals surface area contributed by atoms with Gasteiger partial charge in [0.1, 0.15) is 0 Å². The van der Waals surface area contributed by atoms with Gasteiger partial charge in [0.2, 0.25) is 0 Å². The molecule has 2 aromatic rings. The standard InChI is InChI=1S/C14H18N4O/c1-10-6-12-9-17-18(14-4-2-3-5-19-14)13(12)7-11(10)8-16-15/h6-9,14H,2-5,15H2,1H3/b16-8-. The Morgan fingerprint density at radius 3 is 3.11 bits per heavy atom. The summed E-state index contributed by atoms with van der Waals surface area (Å²) in [4.78, 5) is 0. The maximum Gasteiger partial charge on any atom is 0.150 e. The molecule has 0 bridgehead atoms. The minimum absolute atomic E-state index is 0.0524. The molecule has 19 heavy (non-hydrogen) atoms. The number of fused-ring (bicyclic) bond motifs is 1. The lowest BCUT2D eigenvalue weighted by molar-refractivity contribution is -0.0366. The Bertz CT molecular complexity index is 611. The molecule has 5 heteroatoms. The Labute approximate surface area is 112 Å². The molecule has 0 spiro atoms. The van der Waals surface area contributed by atoms with Crippen LogP contribution in [0.15, 0.2) is 23.4 Å². The molecular formula is C14H18N4O. The van der Waals surface area contributed by atoms with Crippen LogP contribution in [0.2, 0.25) is 0 Å². The van der Waals surface area contributed by atoms with Gasteiger partial charge < -0.3 is 10.6 Å². The summed E-state index contributed by atoms with van der Waals surface area (Å²) in [5.74, 6) is 5.25. The van der Waals surface area contributed by atoms with Gasteiger partial charge in [-0.25, -0.2) is 4.68 Å². The van der Waals surface area contributed by atoms with Crippen LogP contribution in [-0.4, -0.2) is 22.6 Å². The Kier molecular flexibility index (Phi) is 3.21. The number of rotatable bonds is 2. The number of hydrazone groups is 1. The van der Waals surface area contributed by atoms with E-state index < -0.39 is 0 Å². The van der Waals surface area contributed by atoms with E-state index >= 15 is 0 Å². The van der Waals surface area contributed by atoms with Gasteiger partial charge >= 0.3 is 0 Å². The number of ether oxygens (including phenoxy) is 1. The summed E-state index contributed by atoms with van der Waals surface area (Å²) in [6.07, 6.45) is 6.97. The molecule has 1 atom stereocenters. The monoisotopic (exact) mass is 258 g/mol. The van der Waals surface area contributed by atoms with Gasteiger partial charge in [0.05, 0.1) is 17.9 Å². The molecule has 0 amide bonds. The molecule has 5 nitrogen and oxygen atoms in total. The fourth-order valence-electron chi connectivity index (χ4n) is 2.59. The molecular weight excluding hydrogens is 240 g/mol. The van der Waals surface area contributed by atoms with Gasteiger partial charge in [-0.05, 0) is 49.4 Å². The maximum absolute atomic E-state index is 5.80. The van der Waals surface area contributed by atoms with E-state index in [9.17, 15) is 0 Å². The lowest BCUT2D eigenvalue weighted by Gasteiger charge is -2.23. The van der Waals surface area contributed by atoms with Gasteiger partial charge in [-0.15, -0.1) is 0 Å². The summed E-state index contributed by atoms with van der Waals surface area (Å²) in [6, 6.07) is 4.19. The number of benzene rings is 1. The molecule has 1 aliphatic heterocycles. The maximum atomic E-state index is 5.80. The van der Waals surface area contributed by atoms with Crippen LogP contribution in [-0.2, 0) is 4.74 Å². The highest BCUT2D eigenvalue weighted by Crippen LogP contribution is 2.27. The molecule has 2 N–H and O–H groups in total. The Morgan fingerprint density at radius 1 is 1.47 bits per heavy atom. The van der Waals surface area contributed by atoms with Crippen molar-refractivity contribution in [2.24, 2.45) is 10.9 Å². The minimum atomic E-state index is 0.0524. The van der Waals surface area contributed by atoms with Gasteiger partial charge in [-0.3, -0.25) is 0 Å². The van der Waals surface area contributed by atoms with Gasteiger partial charge in [0.15, 0.2) is 6.23 Å². The Morgan fingerprint density at radius 2 is 2.37 bits per heavy atom. The first-order valence-corrected chi connectivity index (χ1v) is 6.62. The molecule has 1 aromatic heterocycles. The molecule has 1 fully saturated rings. The molecule has 0 aliphatic carbocycles. The molecule has 1 aromatic carbocycles. The lowest BCUT2D eigenvalue weighted by atomic mass is 10.1. The van der Waals surface area contributed by atoms with Crippen LogP contribution in [0.4, 0.5) is 0 Å². The zero-order valence-corrected chi connectivity index (χ0v) is 11.0. The second-order valence-electron chi connectivity index (χ2n) is 4.96. The molecule has 100 valence electrons. The molecule has 1 saturated heterocycles. The number of aromatic nitrogens is 2. The molecule has 3 rings (SSSR count). The van der Waals surface area contributed by atoms with Gasteiger partial charge in [0, 0.05) is 12.0 Å². The summed E-state index contributed by atoms with van der Waals surface area (Å²) >= 11 is 0. The van der Waals surface area contributed by atoms with Crippen molar-refractivity contribution in [2.75, 3.05) is 6.61 Å². The van der Waals surface area contributed by atoms with E-state index in [4.69, 9.17) is 10.6 Å². The highest BCUT2D eigenvalue weighted by atomic mass is 16.5. The third kappa shape index (κ3) is 2.21. The minimum Gasteiger partial charge on any atom is -0.356 e. The van der Waals surface area contributed by atoms with E-state index in [1.807, 2.05) is 17.8 Å². The normalized spacial score (nSPS) is 20.4. The summed E-state index contributed by atoms with van der Waals surface area (Å²) in [5.41, 5.74) is 3.24. The van der Waals surface area contributed by atoms with E-state index in [0.29, 0.717) is 0 Å². The lowest BCUT2D eigenvalue weighted by Crippen LogP contribution is -2.19. The van der Waals surface area contributed by atoms with Crippen molar-refractivity contribution in [3.63, 3.8) is 0 Å². The first-order valence-electron chi connectivity index (χ1n) is 6.62. The van der Waals surface area contributed by atoms with Gasteiger partial charge in [-0.2, -0.15) is 10.2 Å². The SMILES string of the molecule is Cc1cc2cnn(C3CCCCO3)c2cc1/C=N\N. The van der Waals surface area contributed by atoms with Crippen LogP contribution >= 0.6 is 0 Å². The third-order valence-corrected chi connectivity index (χ3v) is 3.63. The molecule has 1 aliphatic rings. The molecule has 0 radical (unpaired) electrons. The topological polar surface area (TPSA) is 65.4 Å². The highest BCUT2D eigenvalue weighted by Gasteiger charge is 2.18. The quantitative estimate of drug-likeness (QED) is 0.511. The number of aryl methyl sites for hydroxylation is 1. The number of nitrogens with zero attached hydrogens (tertiary/aromatic N) is 3. The fraction of sp³-hybridized carbons (Fsp3) is 0.429. The van der Waals surface area contributed by atoms with Crippen LogP contribution in [0, 0.1) is 6.92 Å². The zero-order chi connectivity index (χ0) is 13.2. The fourth-order valence-corrected chi connectivity index (χ4v) is 2.59. The largest absolute Gasteiger partial charge is 0.356 e. The van der Waals surface area contributed by atoms with Crippen LogP contribution in [0.25, 0.3) is 10.9 Å². The van der Waals surface area contributed by atoms with E-state index in [-0.39, 0.29) is 6.23 Å². The smallest absolute Gasteiger partial charge is 0.150 e.